The van der Waals surface area contributed by atoms with E-state index in [9.17, 15) is 19.5 Å². The molecule has 0 heterocycles. The van der Waals surface area contributed by atoms with E-state index < -0.39 is 42.0 Å². The summed E-state index contributed by atoms with van der Waals surface area (Å²) in [5, 5.41) is 29.3. The molecule has 2 N–H and O–H groups in total. The van der Waals surface area contributed by atoms with Crippen molar-refractivity contribution in [2.75, 3.05) is 26.2 Å². The Bertz CT molecular complexity index is 578. The molecule has 0 rings (SSSR count). The summed E-state index contributed by atoms with van der Waals surface area (Å²) in [6.45, 7) is 0.794. The van der Waals surface area contributed by atoms with Gasteiger partial charge < -0.3 is 24.6 Å². The molecule has 0 fully saturated rings. The Balaban J connectivity index is 3.69. The molecule has 7 heteroatoms. The zero-order valence-corrected chi connectivity index (χ0v) is 23.6. The van der Waals surface area contributed by atoms with Crippen LogP contribution in [0.15, 0.2) is 12.2 Å². The van der Waals surface area contributed by atoms with Gasteiger partial charge in [0.1, 0.15) is 6.54 Å². The van der Waals surface area contributed by atoms with Crippen LogP contribution in [0.25, 0.3) is 0 Å². The third-order valence-corrected chi connectivity index (χ3v) is 7.05. The Morgan fingerprint density at radius 3 is 1.27 bits per heavy atom. The number of carboxylic acid groups (broad SMARTS) is 3. The number of unbranched alkanes of at least 4 members (excludes halogenated alkanes) is 18. The first-order valence-electron chi connectivity index (χ1n) is 14.9. The van der Waals surface area contributed by atoms with Crippen molar-refractivity contribution >= 4 is 17.9 Å². The second kappa shape index (κ2) is 24.4. The summed E-state index contributed by atoms with van der Waals surface area (Å²) in [4.78, 5) is 33.4. The third-order valence-electron chi connectivity index (χ3n) is 7.05. The van der Waals surface area contributed by atoms with E-state index in [1.807, 2.05) is 0 Å². The maximum Gasteiger partial charge on any atom is 0.359 e. The minimum absolute atomic E-state index is 0.194. The molecule has 37 heavy (non-hydrogen) atoms. The summed E-state index contributed by atoms with van der Waals surface area (Å²) < 4.78 is -0.518. The Kier molecular flexibility index (Phi) is 23.2. The molecule has 0 saturated carbocycles. The first-order valence-corrected chi connectivity index (χ1v) is 14.9. The molecular formula is C30H55NO6. The van der Waals surface area contributed by atoms with Crippen LogP contribution in [0.4, 0.5) is 0 Å². The number of rotatable bonds is 28. The summed E-state index contributed by atoms with van der Waals surface area (Å²) >= 11 is 0. The lowest BCUT2D eigenvalue weighted by atomic mass is 10.0. The molecule has 0 spiro atoms. The van der Waals surface area contributed by atoms with E-state index in [4.69, 9.17) is 10.2 Å². The van der Waals surface area contributed by atoms with Gasteiger partial charge in [-0.2, -0.15) is 0 Å². The van der Waals surface area contributed by atoms with Crippen LogP contribution in [0.2, 0.25) is 0 Å². The quantitative estimate of drug-likeness (QED) is 0.0724. The van der Waals surface area contributed by atoms with Gasteiger partial charge in [0.2, 0.25) is 0 Å². The van der Waals surface area contributed by atoms with Crippen LogP contribution in [0.5, 0.6) is 0 Å². The first-order chi connectivity index (χ1) is 17.8. The molecule has 0 atom stereocenters. The van der Waals surface area contributed by atoms with E-state index in [2.05, 4.69) is 19.1 Å². The number of hydrogen-bond acceptors (Lipinski definition) is 4. The monoisotopic (exact) mass is 525 g/mol. The molecule has 0 bridgehead atoms. The van der Waals surface area contributed by atoms with Crippen molar-refractivity contribution in [2.45, 2.75) is 135 Å². The third kappa shape index (κ3) is 24.2. The van der Waals surface area contributed by atoms with Crippen molar-refractivity contribution in [3.63, 3.8) is 0 Å². The van der Waals surface area contributed by atoms with Crippen molar-refractivity contribution in [2.24, 2.45) is 0 Å². The molecule has 0 amide bonds. The van der Waals surface area contributed by atoms with E-state index in [1.165, 1.54) is 103 Å². The van der Waals surface area contributed by atoms with Gasteiger partial charge >= 0.3 is 11.9 Å². The lowest BCUT2D eigenvalue weighted by Crippen LogP contribution is -2.59. The van der Waals surface area contributed by atoms with E-state index in [1.54, 1.807) is 0 Å². The van der Waals surface area contributed by atoms with Crippen LogP contribution in [0.3, 0.4) is 0 Å². The SMILES string of the molecule is CCCCCCCCCCCCCCCCCC/C=C/CCCC[N+](CC(=O)[O-])(CC(=O)O)CC(=O)O. The van der Waals surface area contributed by atoms with Gasteiger partial charge in [0.25, 0.3) is 0 Å². The Morgan fingerprint density at radius 1 is 0.568 bits per heavy atom. The predicted molar refractivity (Wildman–Crippen MR) is 147 cm³/mol. The highest BCUT2D eigenvalue weighted by molar-refractivity contribution is 5.72. The van der Waals surface area contributed by atoms with E-state index >= 15 is 0 Å². The van der Waals surface area contributed by atoms with Crippen LogP contribution >= 0.6 is 0 Å². The summed E-state index contributed by atoms with van der Waals surface area (Å²) in [6.07, 6.45) is 29.3. The lowest BCUT2D eigenvalue weighted by Gasteiger charge is -2.36. The Hall–Kier alpha value is -1.89. The number of aliphatic carboxylic acids is 3. The fourth-order valence-corrected chi connectivity index (χ4v) is 5.01. The molecule has 0 aliphatic heterocycles. The van der Waals surface area contributed by atoms with Gasteiger partial charge in [-0.25, -0.2) is 9.59 Å². The van der Waals surface area contributed by atoms with E-state index in [0.29, 0.717) is 6.42 Å². The highest BCUT2D eigenvalue weighted by atomic mass is 16.4. The molecule has 216 valence electrons. The highest BCUT2D eigenvalue weighted by Crippen LogP contribution is 2.15. The summed E-state index contributed by atoms with van der Waals surface area (Å²) in [5.41, 5.74) is 0. The average Bonchev–Trinajstić information content (AvgIpc) is 2.81. The van der Waals surface area contributed by atoms with Gasteiger partial charge in [0.15, 0.2) is 13.1 Å². The highest BCUT2D eigenvalue weighted by Gasteiger charge is 2.33. The standard InChI is InChI=1S/C30H55NO6/c1-2-3-4-5-6-7-8-9-10-11-12-13-14-15-16-17-18-19-20-21-22-23-24-31(25-28(32)33,26-29(34)35)27-30(36)37/h19-20H,2-18,21-27H2,1H3,(H2-,32,33,34,35,36,37)/b20-19+. The lowest BCUT2D eigenvalue weighted by molar-refractivity contribution is -0.909. The van der Waals surface area contributed by atoms with Crippen LogP contribution in [0, 0.1) is 0 Å². The zero-order chi connectivity index (χ0) is 27.6. The fourth-order valence-electron chi connectivity index (χ4n) is 5.01. The Morgan fingerprint density at radius 2 is 0.919 bits per heavy atom. The van der Waals surface area contributed by atoms with Crippen LogP contribution in [-0.2, 0) is 14.4 Å². The van der Waals surface area contributed by atoms with Crippen LogP contribution in [-0.4, -0.2) is 58.8 Å². The second-order valence-corrected chi connectivity index (χ2v) is 10.8. The molecule has 7 nitrogen and oxygen atoms in total. The smallest absolute Gasteiger partial charge is 0.359 e. The number of carbonyl (C=O) groups excluding carboxylic acids is 1. The zero-order valence-electron chi connectivity index (χ0n) is 23.6. The van der Waals surface area contributed by atoms with Gasteiger partial charge in [-0.15, -0.1) is 0 Å². The maximum atomic E-state index is 11.2. The topological polar surface area (TPSA) is 115 Å². The second-order valence-electron chi connectivity index (χ2n) is 10.8. The van der Waals surface area contributed by atoms with Gasteiger partial charge in [-0.1, -0.05) is 115 Å². The van der Waals surface area contributed by atoms with Crippen LogP contribution in [0.1, 0.15) is 135 Å². The van der Waals surface area contributed by atoms with Crippen molar-refractivity contribution in [1.29, 1.82) is 0 Å². The Labute approximate surface area is 225 Å². The minimum Gasteiger partial charge on any atom is -0.544 e. The first kappa shape index (κ1) is 35.1. The number of carbonyl (C=O) groups is 3. The summed E-state index contributed by atoms with van der Waals surface area (Å²) in [6, 6.07) is 0. The number of hydrogen-bond donors (Lipinski definition) is 2. The van der Waals surface area contributed by atoms with Crippen molar-refractivity contribution < 1.29 is 34.2 Å². The van der Waals surface area contributed by atoms with Crippen molar-refractivity contribution in [3.8, 4) is 0 Å². The molecule has 0 radical (unpaired) electrons. The summed E-state index contributed by atoms with van der Waals surface area (Å²) in [7, 11) is 0. The molecule has 0 saturated heterocycles. The van der Waals surface area contributed by atoms with Gasteiger partial charge in [-0.3, -0.25) is 0 Å². The molecule has 0 aliphatic carbocycles. The number of carboxylic acids is 3. The molecular weight excluding hydrogens is 470 g/mol. The maximum absolute atomic E-state index is 11.2. The normalized spacial score (nSPS) is 11.8. The van der Waals surface area contributed by atoms with Crippen LogP contribution < -0.4 is 5.11 Å². The summed E-state index contributed by atoms with van der Waals surface area (Å²) in [5.74, 6) is -3.84. The molecule has 0 aromatic rings. The predicted octanol–water partition coefficient (Wildman–Crippen LogP) is 6.10. The van der Waals surface area contributed by atoms with Crippen molar-refractivity contribution in [1.82, 2.24) is 0 Å². The molecule has 0 aromatic carbocycles. The molecule has 0 unspecified atom stereocenters. The fraction of sp³-hybridized carbons (Fsp3) is 0.833. The van der Waals surface area contributed by atoms with Gasteiger partial charge in [-0.05, 0) is 32.1 Å². The van der Waals surface area contributed by atoms with E-state index in [-0.39, 0.29) is 6.54 Å². The largest absolute Gasteiger partial charge is 0.544 e. The number of allylic oxidation sites excluding steroid dienone is 2. The van der Waals surface area contributed by atoms with Gasteiger partial charge in [0, 0.05) is 0 Å². The number of quaternary nitrogens is 1. The minimum atomic E-state index is -1.43. The van der Waals surface area contributed by atoms with Gasteiger partial charge in [0.05, 0.1) is 12.5 Å². The molecule has 0 aliphatic rings. The number of nitrogens with zero attached hydrogens (tertiary/aromatic N) is 1. The van der Waals surface area contributed by atoms with E-state index in [0.717, 1.165) is 19.3 Å². The molecule has 0 aromatic heterocycles. The average molecular weight is 526 g/mol. The van der Waals surface area contributed by atoms with Crippen molar-refractivity contribution in [3.05, 3.63) is 12.2 Å².